The molecule has 2 aromatic rings. The molecule has 8 heteroatoms. The molecule has 0 saturated carbocycles. The number of hydrogen-bond acceptors (Lipinski definition) is 6. The molecule has 1 aliphatic rings. The molecule has 1 saturated heterocycles. The number of ether oxygens (including phenoxy) is 2. The van der Waals surface area contributed by atoms with Crippen molar-refractivity contribution in [2.75, 3.05) is 51.3 Å². The number of methoxy groups -OCH3 is 1. The Morgan fingerprint density at radius 3 is 2.27 bits per heavy atom. The summed E-state index contributed by atoms with van der Waals surface area (Å²) in [5.41, 5.74) is 1.73. The summed E-state index contributed by atoms with van der Waals surface area (Å²) in [6, 6.07) is 15.2. The number of ketones is 1. The SMILES string of the molecule is COc1ccc(N2CCN(CC(O)COc3ccccc3C(C)=O)CC2)cc1.Cl.Cl. The molecule has 1 heterocycles. The molecule has 1 unspecified atom stereocenters. The molecule has 0 spiro atoms. The molecule has 166 valence electrons. The molecule has 6 nitrogen and oxygen atoms in total. The molecule has 30 heavy (non-hydrogen) atoms. The van der Waals surface area contributed by atoms with Gasteiger partial charge in [0.05, 0.1) is 12.7 Å². The zero-order valence-corrected chi connectivity index (χ0v) is 19.0. The summed E-state index contributed by atoms with van der Waals surface area (Å²) in [6.07, 6.45) is -0.604. The number of piperazine rings is 1. The number of carbonyl (C=O) groups excluding carboxylic acids is 1. The first-order valence-corrected chi connectivity index (χ1v) is 9.59. The van der Waals surface area contributed by atoms with Gasteiger partial charge in [-0.3, -0.25) is 9.69 Å². The van der Waals surface area contributed by atoms with Crippen molar-refractivity contribution in [1.29, 1.82) is 0 Å². The zero-order valence-electron chi connectivity index (χ0n) is 17.3. The van der Waals surface area contributed by atoms with Crippen LogP contribution in [0.15, 0.2) is 48.5 Å². The van der Waals surface area contributed by atoms with Gasteiger partial charge in [-0.05, 0) is 43.3 Å². The summed E-state index contributed by atoms with van der Waals surface area (Å²) < 4.78 is 10.9. The third kappa shape index (κ3) is 7.06. The number of halogens is 2. The Kier molecular flexibility index (Phi) is 11.0. The molecule has 0 radical (unpaired) electrons. The maximum absolute atomic E-state index is 11.6. The summed E-state index contributed by atoms with van der Waals surface area (Å²) in [5.74, 6) is 1.34. The summed E-state index contributed by atoms with van der Waals surface area (Å²) in [4.78, 5) is 16.2. The minimum Gasteiger partial charge on any atom is -0.497 e. The average molecular weight is 457 g/mol. The van der Waals surface area contributed by atoms with E-state index >= 15 is 0 Å². The topological polar surface area (TPSA) is 62.2 Å². The molecule has 0 amide bonds. The number of carbonyl (C=O) groups is 1. The van der Waals surface area contributed by atoms with Crippen LogP contribution in [0.3, 0.4) is 0 Å². The van der Waals surface area contributed by atoms with Crippen LogP contribution in [0.1, 0.15) is 17.3 Å². The second-order valence-electron chi connectivity index (χ2n) is 7.00. The predicted molar refractivity (Wildman–Crippen MR) is 124 cm³/mol. The summed E-state index contributed by atoms with van der Waals surface area (Å²) in [6.45, 7) is 5.82. The van der Waals surface area contributed by atoms with Crippen LogP contribution in [-0.2, 0) is 0 Å². The predicted octanol–water partition coefficient (Wildman–Crippen LogP) is 3.30. The number of benzene rings is 2. The monoisotopic (exact) mass is 456 g/mol. The highest BCUT2D eigenvalue weighted by Gasteiger charge is 2.20. The maximum Gasteiger partial charge on any atom is 0.163 e. The van der Waals surface area contributed by atoms with Gasteiger partial charge in [0.15, 0.2) is 5.78 Å². The molecular weight excluding hydrogens is 427 g/mol. The number of anilines is 1. The first-order chi connectivity index (χ1) is 13.6. The van der Waals surface area contributed by atoms with E-state index in [1.165, 1.54) is 12.6 Å². The van der Waals surface area contributed by atoms with Crippen LogP contribution in [0.2, 0.25) is 0 Å². The minimum atomic E-state index is -0.604. The molecule has 3 rings (SSSR count). The highest BCUT2D eigenvalue weighted by atomic mass is 35.5. The van der Waals surface area contributed by atoms with Crippen molar-refractivity contribution in [3.63, 3.8) is 0 Å². The van der Waals surface area contributed by atoms with Gasteiger partial charge < -0.3 is 19.5 Å². The lowest BCUT2D eigenvalue weighted by Crippen LogP contribution is -2.49. The normalized spacial score (nSPS) is 14.8. The maximum atomic E-state index is 11.6. The van der Waals surface area contributed by atoms with E-state index in [2.05, 4.69) is 21.9 Å². The van der Waals surface area contributed by atoms with E-state index in [0.29, 0.717) is 17.9 Å². The smallest absolute Gasteiger partial charge is 0.163 e. The molecule has 0 bridgehead atoms. The lowest BCUT2D eigenvalue weighted by molar-refractivity contribution is 0.0656. The van der Waals surface area contributed by atoms with Crippen LogP contribution in [-0.4, -0.2) is 68.3 Å². The minimum absolute atomic E-state index is 0. The Morgan fingerprint density at radius 1 is 1.03 bits per heavy atom. The number of aliphatic hydroxyl groups excluding tert-OH is 1. The summed E-state index contributed by atoms with van der Waals surface area (Å²) >= 11 is 0. The fourth-order valence-electron chi connectivity index (χ4n) is 3.40. The Bertz CT molecular complexity index is 781. The van der Waals surface area contributed by atoms with Crippen molar-refractivity contribution in [2.45, 2.75) is 13.0 Å². The molecule has 1 N–H and O–H groups in total. The fourth-order valence-corrected chi connectivity index (χ4v) is 3.40. The van der Waals surface area contributed by atoms with Gasteiger partial charge in [-0.25, -0.2) is 0 Å². The number of para-hydroxylation sites is 1. The van der Waals surface area contributed by atoms with Gasteiger partial charge >= 0.3 is 0 Å². The van der Waals surface area contributed by atoms with Crippen LogP contribution in [0, 0.1) is 0 Å². The number of Topliss-reactive ketones (excluding diaryl/α,β-unsaturated/α-hetero) is 1. The van der Waals surface area contributed by atoms with Crippen LogP contribution >= 0.6 is 24.8 Å². The lowest BCUT2D eigenvalue weighted by Gasteiger charge is -2.36. The van der Waals surface area contributed by atoms with Crippen LogP contribution < -0.4 is 14.4 Å². The first-order valence-electron chi connectivity index (χ1n) is 9.59. The lowest BCUT2D eigenvalue weighted by atomic mass is 10.1. The van der Waals surface area contributed by atoms with Gasteiger partial charge in [-0.1, -0.05) is 12.1 Å². The molecule has 1 fully saturated rings. The second kappa shape index (κ2) is 12.6. The quantitative estimate of drug-likeness (QED) is 0.614. The Morgan fingerprint density at radius 2 is 1.67 bits per heavy atom. The van der Waals surface area contributed by atoms with Gasteiger partial charge in [-0.15, -0.1) is 24.8 Å². The van der Waals surface area contributed by atoms with Crippen molar-refractivity contribution in [2.24, 2.45) is 0 Å². The number of aliphatic hydroxyl groups is 1. The molecule has 2 aromatic carbocycles. The van der Waals surface area contributed by atoms with E-state index in [1.807, 2.05) is 24.3 Å². The largest absolute Gasteiger partial charge is 0.497 e. The molecule has 1 atom stereocenters. The van der Waals surface area contributed by atoms with E-state index in [0.717, 1.165) is 31.9 Å². The standard InChI is InChI=1S/C22H28N2O4.2ClH/c1-17(25)21-5-3-4-6-22(21)28-16-19(26)15-23-11-13-24(14-12-23)18-7-9-20(27-2)10-8-18;;/h3-10,19,26H,11-16H2,1-2H3;2*1H. The fraction of sp³-hybridized carbons (Fsp3) is 0.409. The third-order valence-corrected chi connectivity index (χ3v) is 4.98. The number of hydrogen-bond donors (Lipinski definition) is 1. The molecular formula is C22H30Cl2N2O4. The average Bonchev–Trinajstić information content (AvgIpc) is 2.73. The van der Waals surface area contributed by atoms with Gasteiger partial charge in [-0.2, -0.15) is 0 Å². The number of β-amino-alcohol motifs (C(OH)–C–C–N with tert-alkyl or cyclic N) is 1. The highest BCUT2D eigenvalue weighted by Crippen LogP contribution is 2.21. The van der Waals surface area contributed by atoms with Crippen molar-refractivity contribution in [3.8, 4) is 11.5 Å². The van der Waals surface area contributed by atoms with Crippen molar-refractivity contribution in [1.82, 2.24) is 4.90 Å². The first kappa shape index (κ1) is 26.0. The van der Waals surface area contributed by atoms with Gasteiger partial charge in [0.25, 0.3) is 0 Å². The van der Waals surface area contributed by atoms with E-state index in [1.54, 1.807) is 19.2 Å². The van der Waals surface area contributed by atoms with Gasteiger partial charge in [0.2, 0.25) is 0 Å². The Balaban J connectivity index is 0.00000225. The van der Waals surface area contributed by atoms with E-state index in [-0.39, 0.29) is 37.2 Å². The number of rotatable bonds is 8. The van der Waals surface area contributed by atoms with Crippen molar-refractivity contribution < 1.29 is 19.4 Å². The zero-order chi connectivity index (χ0) is 19.9. The van der Waals surface area contributed by atoms with E-state index < -0.39 is 6.10 Å². The summed E-state index contributed by atoms with van der Waals surface area (Å²) in [7, 11) is 1.67. The number of nitrogens with zero attached hydrogens (tertiary/aromatic N) is 2. The Hall–Kier alpha value is -1.99. The summed E-state index contributed by atoms with van der Waals surface area (Å²) in [5, 5.41) is 10.4. The molecule has 0 aliphatic carbocycles. The van der Waals surface area contributed by atoms with Gasteiger partial charge in [0.1, 0.15) is 24.2 Å². The van der Waals surface area contributed by atoms with Crippen LogP contribution in [0.4, 0.5) is 5.69 Å². The van der Waals surface area contributed by atoms with Crippen molar-refractivity contribution in [3.05, 3.63) is 54.1 Å². The van der Waals surface area contributed by atoms with Crippen LogP contribution in [0.25, 0.3) is 0 Å². The highest BCUT2D eigenvalue weighted by molar-refractivity contribution is 5.96. The molecule has 0 aromatic heterocycles. The molecule has 1 aliphatic heterocycles. The van der Waals surface area contributed by atoms with Crippen molar-refractivity contribution >= 4 is 36.3 Å². The van der Waals surface area contributed by atoms with E-state index in [4.69, 9.17) is 9.47 Å². The Labute approximate surface area is 190 Å². The second-order valence-corrected chi connectivity index (χ2v) is 7.00. The third-order valence-electron chi connectivity index (χ3n) is 4.98. The van der Waals surface area contributed by atoms with E-state index in [9.17, 15) is 9.90 Å². The van der Waals surface area contributed by atoms with Gasteiger partial charge in [0, 0.05) is 38.4 Å². The van der Waals surface area contributed by atoms with Crippen LogP contribution in [0.5, 0.6) is 11.5 Å².